The Morgan fingerprint density at radius 3 is 2.42 bits per heavy atom. The van der Waals surface area contributed by atoms with Gasteiger partial charge >= 0.3 is 0 Å². The molecule has 0 aromatic carbocycles. The first-order chi connectivity index (χ1) is 15.8. The Morgan fingerprint density at radius 1 is 1.00 bits per heavy atom. The van der Waals surface area contributed by atoms with Gasteiger partial charge in [-0.2, -0.15) is 20.4 Å². The third-order valence-electron chi connectivity index (χ3n) is 5.29. The van der Waals surface area contributed by atoms with Crippen LogP contribution < -0.4 is 0 Å². The van der Waals surface area contributed by atoms with E-state index in [4.69, 9.17) is 23.2 Å². The molecule has 0 spiro atoms. The molecule has 0 bridgehead atoms. The number of hydrogen-bond donors (Lipinski definition) is 1. The lowest BCUT2D eigenvalue weighted by molar-refractivity contribution is 0.219. The maximum Gasteiger partial charge on any atom is 0.134 e. The molecule has 1 unspecified atom stereocenters. The third-order valence-corrected chi connectivity index (χ3v) is 7.83. The van der Waals surface area contributed by atoms with Gasteiger partial charge in [0.05, 0.1) is 18.0 Å². The standard InChI is InChI=1S/C20H22Cl2I2N8O/c1-3-30-11-13(9-26-30)16(33)15-18(22)32(28-20(15)24)6-4-5-31-10-12(8-25-31)7-14-17(21)29(2)27-19(14)23/h8-11,16,33H,3-7H2,1-2H3. The minimum atomic E-state index is -0.866. The van der Waals surface area contributed by atoms with E-state index in [1.54, 1.807) is 20.2 Å². The first-order valence-corrected chi connectivity index (χ1v) is 13.2. The molecule has 0 saturated heterocycles. The van der Waals surface area contributed by atoms with Crippen LogP contribution in [0.15, 0.2) is 24.8 Å². The molecule has 9 nitrogen and oxygen atoms in total. The summed E-state index contributed by atoms with van der Waals surface area (Å²) >= 11 is 17.2. The van der Waals surface area contributed by atoms with Crippen molar-refractivity contribution in [3.63, 3.8) is 0 Å². The molecule has 0 amide bonds. The lowest BCUT2D eigenvalue weighted by Crippen LogP contribution is -2.06. The van der Waals surface area contributed by atoms with Crippen LogP contribution in [0, 0.1) is 7.40 Å². The normalized spacial score (nSPS) is 12.6. The molecule has 0 aliphatic carbocycles. The van der Waals surface area contributed by atoms with Crippen molar-refractivity contribution in [1.29, 1.82) is 0 Å². The summed E-state index contributed by atoms with van der Waals surface area (Å²) in [5, 5.41) is 29.5. The molecule has 13 heteroatoms. The lowest BCUT2D eigenvalue weighted by Gasteiger charge is -2.08. The van der Waals surface area contributed by atoms with E-state index in [1.165, 1.54) is 0 Å². The van der Waals surface area contributed by atoms with Crippen molar-refractivity contribution < 1.29 is 5.11 Å². The summed E-state index contributed by atoms with van der Waals surface area (Å²) in [6, 6.07) is 0. The molecule has 33 heavy (non-hydrogen) atoms. The van der Waals surface area contributed by atoms with E-state index in [-0.39, 0.29) is 0 Å². The second-order valence-electron chi connectivity index (χ2n) is 7.58. The Morgan fingerprint density at radius 2 is 1.76 bits per heavy atom. The van der Waals surface area contributed by atoms with Crippen LogP contribution in [0.1, 0.15) is 41.7 Å². The van der Waals surface area contributed by atoms with Crippen LogP contribution in [-0.4, -0.2) is 44.2 Å². The molecule has 0 radical (unpaired) electrons. The number of nitrogens with zero attached hydrogens (tertiary/aromatic N) is 8. The Bertz CT molecular complexity index is 1260. The summed E-state index contributed by atoms with van der Waals surface area (Å²) in [7, 11) is 1.83. The van der Waals surface area contributed by atoms with E-state index in [0.717, 1.165) is 27.8 Å². The van der Waals surface area contributed by atoms with Crippen LogP contribution in [0.3, 0.4) is 0 Å². The molecule has 4 aromatic rings. The van der Waals surface area contributed by atoms with Gasteiger partial charge in [-0.15, -0.1) is 0 Å². The Kier molecular flexibility index (Phi) is 8.03. The largest absolute Gasteiger partial charge is 0.383 e. The number of aliphatic hydroxyl groups excluding tert-OH is 1. The molecule has 0 aliphatic heterocycles. The average Bonchev–Trinajstić information content (AvgIpc) is 3.54. The number of halogens is 4. The van der Waals surface area contributed by atoms with Crippen molar-refractivity contribution in [3.05, 3.63) is 64.7 Å². The van der Waals surface area contributed by atoms with Crippen LogP contribution in [0.25, 0.3) is 0 Å². The molecule has 4 aromatic heterocycles. The molecular formula is C20H22Cl2I2N8O. The molecule has 176 valence electrons. The van der Waals surface area contributed by atoms with Gasteiger partial charge in [0.25, 0.3) is 0 Å². The quantitative estimate of drug-likeness (QED) is 0.261. The van der Waals surface area contributed by atoms with E-state index in [9.17, 15) is 5.11 Å². The molecule has 1 N–H and O–H groups in total. The fourth-order valence-electron chi connectivity index (χ4n) is 3.53. The summed E-state index contributed by atoms with van der Waals surface area (Å²) in [5.74, 6) is 0. The Labute approximate surface area is 228 Å². The lowest BCUT2D eigenvalue weighted by atomic mass is 10.1. The highest BCUT2D eigenvalue weighted by Crippen LogP contribution is 2.32. The van der Waals surface area contributed by atoms with Crippen LogP contribution in [0.2, 0.25) is 10.3 Å². The summed E-state index contributed by atoms with van der Waals surface area (Å²) in [4.78, 5) is 0. The van der Waals surface area contributed by atoms with Gasteiger partial charge in [0, 0.05) is 56.6 Å². The molecule has 0 aliphatic rings. The molecule has 1 atom stereocenters. The van der Waals surface area contributed by atoms with Crippen molar-refractivity contribution in [3.8, 4) is 0 Å². The minimum Gasteiger partial charge on any atom is -0.383 e. The summed E-state index contributed by atoms with van der Waals surface area (Å²) in [6.45, 7) is 4.05. The average molecular weight is 715 g/mol. The van der Waals surface area contributed by atoms with E-state index >= 15 is 0 Å². The monoisotopic (exact) mass is 714 g/mol. The summed E-state index contributed by atoms with van der Waals surface area (Å²) in [5.41, 5.74) is 3.39. The first kappa shape index (κ1) is 24.9. The Hall–Kier alpha value is -1.16. The fraction of sp³-hybridized carbons (Fsp3) is 0.400. The van der Waals surface area contributed by atoms with Gasteiger partial charge in [0.15, 0.2) is 0 Å². The topological polar surface area (TPSA) is 91.5 Å². The van der Waals surface area contributed by atoms with Gasteiger partial charge in [0.2, 0.25) is 0 Å². The van der Waals surface area contributed by atoms with E-state index < -0.39 is 6.10 Å². The highest BCUT2D eigenvalue weighted by molar-refractivity contribution is 14.1. The van der Waals surface area contributed by atoms with Gasteiger partial charge < -0.3 is 5.11 Å². The highest BCUT2D eigenvalue weighted by atomic mass is 127. The predicted molar refractivity (Wildman–Crippen MR) is 143 cm³/mol. The maximum absolute atomic E-state index is 10.8. The van der Waals surface area contributed by atoms with Gasteiger partial charge in [-0.25, -0.2) is 0 Å². The number of aryl methyl sites for hydroxylation is 4. The van der Waals surface area contributed by atoms with Gasteiger partial charge in [-0.05, 0) is 64.1 Å². The number of aromatic nitrogens is 8. The minimum absolute atomic E-state index is 0.443. The van der Waals surface area contributed by atoms with E-state index in [2.05, 4.69) is 65.6 Å². The third kappa shape index (κ3) is 5.41. The summed E-state index contributed by atoms with van der Waals surface area (Å²) in [6.07, 6.45) is 7.96. The zero-order valence-corrected chi connectivity index (χ0v) is 23.8. The fourth-order valence-corrected chi connectivity index (χ4v) is 5.94. The maximum atomic E-state index is 10.8. The summed E-state index contributed by atoms with van der Waals surface area (Å²) < 4.78 is 8.66. The molecule has 4 rings (SSSR count). The van der Waals surface area contributed by atoms with E-state index in [1.807, 2.05) is 37.2 Å². The van der Waals surface area contributed by atoms with Gasteiger partial charge in [0.1, 0.15) is 23.8 Å². The number of hydrogen-bond acceptors (Lipinski definition) is 5. The van der Waals surface area contributed by atoms with E-state index in [0.29, 0.717) is 44.6 Å². The number of aliphatic hydroxyl groups is 1. The number of rotatable bonds is 9. The highest BCUT2D eigenvalue weighted by Gasteiger charge is 2.24. The zero-order chi connectivity index (χ0) is 23.7. The Balaban J connectivity index is 1.38. The van der Waals surface area contributed by atoms with Crippen LogP contribution >= 0.6 is 68.4 Å². The van der Waals surface area contributed by atoms with Crippen molar-refractivity contribution in [2.75, 3.05) is 0 Å². The molecule has 4 heterocycles. The second-order valence-corrected chi connectivity index (χ2v) is 10.3. The van der Waals surface area contributed by atoms with Crippen LogP contribution in [0.4, 0.5) is 0 Å². The molecular weight excluding hydrogens is 693 g/mol. The van der Waals surface area contributed by atoms with Gasteiger partial charge in [-0.3, -0.25) is 18.7 Å². The van der Waals surface area contributed by atoms with Crippen molar-refractivity contribution in [1.82, 2.24) is 39.1 Å². The smallest absolute Gasteiger partial charge is 0.134 e. The van der Waals surface area contributed by atoms with Crippen molar-refractivity contribution >= 4 is 68.4 Å². The first-order valence-electron chi connectivity index (χ1n) is 10.3. The zero-order valence-electron chi connectivity index (χ0n) is 18.0. The van der Waals surface area contributed by atoms with Crippen LogP contribution in [-0.2, 0) is 33.1 Å². The SMILES string of the molecule is CCn1cc(C(O)c2c(I)nn(CCCn3cc(Cc4c(I)nn(C)c4Cl)cn3)c2Cl)cn1. The van der Waals surface area contributed by atoms with Crippen LogP contribution in [0.5, 0.6) is 0 Å². The molecule has 0 saturated carbocycles. The van der Waals surface area contributed by atoms with Crippen molar-refractivity contribution in [2.45, 2.75) is 45.5 Å². The predicted octanol–water partition coefficient (Wildman–Crippen LogP) is 4.31. The second kappa shape index (κ2) is 10.6. The van der Waals surface area contributed by atoms with Crippen molar-refractivity contribution in [2.24, 2.45) is 7.05 Å². The van der Waals surface area contributed by atoms with Gasteiger partial charge in [-0.1, -0.05) is 23.2 Å². The molecule has 0 fully saturated rings.